The fraction of sp³-hybridized carbons (Fsp3) is 0.133. The van der Waals surface area contributed by atoms with E-state index in [-0.39, 0.29) is 0 Å². The highest BCUT2D eigenvalue weighted by atomic mass is 35.5. The number of carbonyl (C=O) groups is 1. The van der Waals surface area contributed by atoms with Gasteiger partial charge in [0.15, 0.2) is 0 Å². The zero-order valence-corrected chi connectivity index (χ0v) is 11.7. The van der Waals surface area contributed by atoms with E-state index < -0.39 is 5.97 Å². The quantitative estimate of drug-likeness (QED) is 0.883. The van der Waals surface area contributed by atoms with Gasteiger partial charge in [-0.15, -0.1) is 0 Å². The second kappa shape index (κ2) is 6.64. The van der Waals surface area contributed by atoms with E-state index >= 15 is 0 Å². The molecule has 0 saturated heterocycles. The molecule has 19 heavy (non-hydrogen) atoms. The molecule has 0 fully saturated rings. The second-order valence-electron chi connectivity index (χ2n) is 4.09. The van der Waals surface area contributed by atoms with Gasteiger partial charge in [-0.2, -0.15) is 11.8 Å². The summed E-state index contributed by atoms with van der Waals surface area (Å²) in [4.78, 5) is 10.7. The van der Waals surface area contributed by atoms with Gasteiger partial charge in [-0.3, -0.25) is 0 Å². The van der Waals surface area contributed by atoms with Gasteiger partial charge >= 0.3 is 5.97 Å². The number of carboxylic acid groups (broad SMARTS) is 1. The average Bonchev–Trinajstić information content (AvgIpc) is 2.41. The number of halogens is 1. The van der Waals surface area contributed by atoms with E-state index in [0.717, 1.165) is 27.7 Å². The van der Waals surface area contributed by atoms with Crippen molar-refractivity contribution in [3.63, 3.8) is 0 Å². The third-order valence-corrected chi connectivity index (χ3v) is 4.11. The van der Waals surface area contributed by atoms with Gasteiger partial charge in [-0.05, 0) is 29.3 Å². The van der Waals surface area contributed by atoms with E-state index in [1.165, 1.54) is 0 Å². The maximum atomic E-state index is 10.7. The Balaban J connectivity index is 1.89. The summed E-state index contributed by atoms with van der Waals surface area (Å²) in [7, 11) is 0. The number of thioether (sulfide) groups is 1. The van der Waals surface area contributed by atoms with E-state index in [1.54, 1.807) is 23.9 Å². The Labute approximate surface area is 121 Å². The predicted octanol–water partition coefficient (Wildman–Crippen LogP) is 4.47. The summed E-state index contributed by atoms with van der Waals surface area (Å²) in [5.74, 6) is 0.793. The van der Waals surface area contributed by atoms with Crippen molar-refractivity contribution in [2.75, 3.05) is 0 Å². The van der Waals surface area contributed by atoms with E-state index in [0.29, 0.717) is 5.56 Å². The Morgan fingerprint density at radius 1 is 1.05 bits per heavy atom. The zero-order chi connectivity index (χ0) is 13.7. The molecule has 0 spiro atoms. The first kappa shape index (κ1) is 14.0. The fourth-order valence-electron chi connectivity index (χ4n) is 1.64. The predicted molar refractivity (Wildman–Crippen MR) is 79.9 cm³/mol. The molecule has 98 valence electrons. The monoisotopic (exact) mass is 292 g/mol. The molecule has 1 N–H and O–H groups in total. The Kier molecular flexibility index (Phi) is 4.88. The Morgan fingerprint density at radius 2 is 1.74 bits per heavy atom. The Morgan fingerprint density at radius 3 is 2.37 bits per heavy atom. The fourth-order valence-corrected chi connectivity index (χ4v) is 2.92. The maximum Gasteiger partial charge on any atom is 0.335 e. The van der Waals surface area contributed by atoms with E-state index in [2.05, 4.69) is 0 Å². The van der Waals surface area contributed by atoms with Crippen LogP contribution >= 0.6 is 23.4 Å². The van der Waals surface area contributed by atoms with Crippen LogP contribution in [0, 0.1) is 0 Å². The van der Waals surface area contributed by atoms with Gasteiger partial charge < -0.3 is 5.11 Å². The van der Waals surface area contributed by atoms with Crippen molar-refractivity contribution in [3.8, 4) is 0 Å². The van der Waals surface area contributed by atoms with Crippen LogP contribution in [0.5, 0.6) is 0 Å². The molecule has 0 aliphatic carbocycles. The lowest BCUT2D eigenvalue weighted by atomic mass is 10.1. The first-order valence-electron chi connectivity index (χ1n) is 5.80. The van der Waals surface area contributed by atoms with Crippen LogP contribution in [0.2, 0.25) is 5.02 Å². The topological polar surface area (TPSA) is 37.3 Å². The van der Waals surface area contributed by atoms with Gasteiger partial charge in [0.2, 0.25) is 0 Å². The van der Waals surface area contributed by atoms with Crippen LogP contribution in [-0.2, 0) is 11.5 Å². The lowest BCUT2D eigenvalue weighted by Crippen LogP contribution is -1.95. The van der Waals surface area contributed by atoms with Crippen LogP contribution < -0.4 is 0 Å². The highest BCUT2D eigenvalue weighted by Gasteiger charge is 2.03. The van der Waals surface area contributed by atoms with E-state index in [1.807, 2.05) is 36.4 Å². The minimum absolute atomic E-state index is 0.319. The molecule has 2 aromatic rings. The van der Waals surface area contributed by atoms with Crippen LogP contribution in [0.4, 0.5) is 0 Å². The average molecular weight is 293 g/mol. The Bertz CT molecular complexity index is 567. The van der Waals surface area contributed by atoms with Crippen molar-refractivity contribution in [3.05, 3.63) is 70.2 Å². The molecule has 0 atom stereocenters. The van der Waals surface area contributed by atoms with Crippen molar-refractivity contribution in [2.24, 2.45) is 0 Å². The third kappa shape index (κ3) is 4.01. The van der Waals surface area contributed by atoms with Crippen molar-refractivity contribution >= 4 is 29.3 Å². The summed E-state index contributed by atoms with van der Waals surface area (Å²) >= 11 is 7.84. The first-order chi connectivity index (χ1) is 9.16. The summed E-state index contributed by atoms with van der Waals surface area (Å²) in [6, 6.07) is 14.8. The molecule has 0 bridgehead atoms. The molecule has 0 unspecified atom stereocenters. The van der Waals surface area contributed by atoms with E-state index in [9.17, 15) is 4.79 Å². The van der Waals surface area contributed by atoms with Crippen LogP contribution in [0.15, 0.2) is 48.5 Å². The molecule has 0 aromatic heterocycles. The summed E-state index contributed by atoms with van der Waals surface area (Å²) in [6.07, 6.45) is 0. The number of aromatic carboxylic acids is 1. The second-order valence-corrected chi connectivity index (χ2v) is 5.48. The highest BCUT2D eigenvalue weighted by Crippen LogP contribution is 2.23. The molecule has 0 aliphatic heterocycles. The SMILES string of the molecule is O=C(O)c1ccc(CSCc2ccccc2Cl)cc1. The van der Waals surface area contributed by atoms with Gasteiger partial charge in [-0.1, -0.05) is 41.9 Å². The number of carboxylic acids is 1. The van der Waals surface area contributed by atoms with E-state index in [4.69, 9.17) is 16.7 Å². The third-order valence-electron chi connectivity index (χ3n) is 2.69. The van der Waals surface area contributed by atoms with Crippen molar-refractivity contribution in [2.45, 2.75) is 11.5 Å². The molecule has 2 rings (SSSR count). The lowest BCUT2D eigenvalue weighted by Gasteiger charge is -2.04. The molecule has 2 nitrogen and oxygen atoms in total. The normalized spacial score (nSPS) is 10.4. The molecule has 0 saturated carbocycles. The van der Waals surface area contributed by atoms with Crippen LogP contribution in [0.25, 0.3) is 0 Å². The van der Waals surface area contributed by atoms with Crippen molar-refractivity contribution in [1.29, 1.82) is 0 Å². The Hall–Kier alpha value is -1.45. The van der Waals surface area contributed by atoms with Crippen LogP contribution in [-0.4, -0.2) is 11.1 Å². The number of benzene rings is 2. The number of rotatable bonds is 5. The van der Waals surface area contributed by atoms with Gasteiger partial charge in [0.25, 0.3) is 0 Å². The zero-order valence-electron chi connectivity index (χ0n) is 10.2. The molecule has 2 aromatic carbocycles. The molecule has 0 aliphatic rings. The highest BCUT2D eigenvalue weighted by molar-refractivity contribution is 7.97. The van der Waals surface area contributed by atoms with Crippen LogP contribution in [0.3, 0.4) is 0 Å². The van der Waals surface area contributed by atoms with Crippen molar-refractivity contribution in [1.82, 2.24) is 0 Å². The molecule has 0 amide bonds. The summed E-state index contributed by atoms with van der Waals surface area (Å²) in [5.41, 5.74) is 2.55. The molecule has 4 heteroatoms. The largest absolute Gasteiger partial charge is 0.478 e. The standard InChI is InChI=1S/C15H13ClO2S/c16-14-4-2-1-3-13(14)10-19-9-11-5-7-12(8-6-11)15(17)18/h1-8H,9-10H2,(H,17,18). The summed E-state index contributed by atoms with van der Waals surface area (Å²) < 4.78 is 0. The van der Waals surface area contributed by atoms with Crippen LogP contribution in [0.1, 0.15) is 21.5 Å². The van der Waals surface area contributed by atoms with Gasteiger partial charge in [-0.25, -0.2) is 4.79 Å². The van der Waals surface area contributed by atoms with Gasteiger partial charge in [0, 0.05) is 16.5 Å². The van der Waals surface area contributed by atoms with Gasteiger partial charge in [0.1, 0.15) is 0 Å². The summed E-state index contributed by atoms with van der Waals surface area (Å²) in [6.45, 7) is 0. The molecule has 0 radical (unpaired) electrons. The summed E-state index contributed by atoms with van der Waals surface area (Å²) in [5, 5.41) is 9.60. The number of hydrogen-bond acceptors (Lipinski definition) is 2. The number of hydrogen-bond donors (Lipinski definition) is 1. The lowest BCUT2D eigenvalue weighted by molar-refractivity contribution is 0.0697. The minimum Gasteiger partial charge on any atom is -0.478 e. The maximum absolute atomic E-state index is 10.7. The van der Waals surface area contributed by atoms with Crippen molar-refractivity contribution < 1.29 is 9.90 Å². The minimum atomic E-state index is -0.893. The first-order valence-corrected chi connectivity index (χ1v) is 7.33. The smallest absolute Gasteiger partial charge is 0.335 e. The van der Waals surface area contributed by atoms with Gasteiger partial charge in [0.05, 0.1) is 5.56 Å². The molecular formula is C15H13ClO2S. The molecule has 0 heterocycles. The molecular weight excluding hydrogens is 280 g/mol.